The number of amides is 1. The molecule has 0 spiro atoms. The van der Waals surface area contributed by atoms with Crippen molar-refractivity contribution < 1.29 is 24.1 Å². The SMILES string of the molecule is C=CC[C@@]1(C(=O)NCCCOC)N=C(c2ccc(OCCCO)cc2)O[C@@H]1c1ccccc1CN=[N+]=[N-]. The Hall–Kier alpha value is -3.85. The molecule has 3 rings (SSSR count). The number of carbonyl (C=O) groups is 1. The minimum absolute atomic E-state index is 0.0597. The maximum absolute atomic E-state index is 13.7. The fourth-order valence-electron chi connectivity index (χ4n) is 4.13. The van der Waals surface area contributed by atoms with Gasteiger partial charge in [-0.25, -0.2) is 4.99 Å². The van der Waals surface area contributed by atoms with Crippen LogP contribution >= 0.6 is 0 Å². The Labute approximate surface area is 216 Å². The average molecular weight is 508 g/mol. The van der Waals surface area contributed by atoms with Crippen LogP contribution in [0.15, 0.2) is 71.3 Å². The van der Waals surface area contributed by atoms with Gasteiger partial charge in [0, 0.05) is 50.2 Å². The number of aliphatic hydroxyl groups excluding tert-OH is 1. The molecule has 10 nitrogen and oxygen atoms in total. The summed E-state index contributed by atoms with van der Waals surface area (Å²) in [6.07, 6.45) is 2.31. The molecule has 0 aromatic heterocycles. The van der Waals surface area contributed by atoms with E-state index in [0.29, 0.717) is 55.4 Å². The lowest BCUT2D eigenvalue weighted by Gasteiger charge is -2.30. The highest BCUT2D eigenvalue weighted by molar-refractivity contribution is 6.01. The average Bonchev–Trinajstić information content (AvgIpc) is 3.31. The number of carbonyl (C=O) groups excluding carboxylic acids is 1. The third-order valence-corrected chi connectivity index (χ3v) is 5.94. The van der Waals surface area contributed by atoms with Crippen molar-refractivity contribution in [2.45, 2.75) is 37.5 Å². The van der Waals surface area contributed by atoms with Crippen molar-refractivity contribution in [3.05, 3.63) is 88.3 Å². The molecule has 2 N–H and O–H groups in total. The summed E-state index contributed by atoms with van der Waals surface area (Å²) in [6, 6.07) is 14.6. The quantitative estimate of drug-likeness (QED) is 0.122. The minimum atomic E-state index is -1.31. The molecule has 2 atom stereocenters. The van der Waals surface area contributed by atoms with Gasteiger partial charge in [0.1, 0.15) is 5.75 Å². The zero-order valence-electron chi connectivity index (χ0n) is 21.0. The number of rotatable bonds is 15. The molecule has 2 aromatic rings. The second kappa shape index (κ2) is 14.0. The summed E-state index contributed by atoms with van der Waals surface area (Å²) < 4.78 is 17.1. The largest absolute Gasteiger partial charge is 0.494 e. The normalized spacial score (nSPS) is 18.3. The first kappa shape index (κ1) is 27.7. The molecule has 10 heteroatoms. The monoisotopic (exact) mass is 507 g/mol. The van der Waals surface area contributed by atoms with Gasteiger partial charge in [-0.15, -0.1) is 6.58 Å². The first-order chi connectivity index (χ1) is 18.1. The van der Waals surface area contributed by atoms with E-state index in [9.17, 15) is 4.79 Å². The lowest BCUT2D eigenvalue weighted by molar-refractivity contribution is -0.128. The van der Waals surface area contributed by atoms with Gasteiger partial charge in [0.05, 0.1) is 13.2 Å². The molecule has 0 bridgehead atoms. The van der Waals surface area contributed by atoms with Crippen molar-refractivity contribution in [1.82, 2.24) is 5.32 Å². The number of nitrogens with zero attached hydrogens (tertiary/aromatic N) is 4. The van der Waals surface area contributed by atoms with Gasteiger partial charge in [-0.1, -0.05) is 35.5 Å². The van der Waals surface area contributed by atoms with Crippen molar-refractivity contribution in [2.75, 3.05) is 33.5 Å². The molecular formula is C27H33N5O5. The van der Waals surface area contributed by atoms with Gasteiger partial charge >= 0.3 is 0 Å². The van der Waals surface area contributed by atoms with Crippen LogP contribution in [0.2, 0.25) is 0 Å². The van der Waals surface area contributed by atoms with Crippen LogP contribution in [0.5, 0.6) is 5.75 Å². The standard InChI is InChI=1S/C27H33N5O5/c1-3-14-27(26(34)29-15-6-17-35-2)24(23-9-5-4-8-21(23)19-30-32-28)37-25(31-27)20-10-12-22(13-11-20)36-18-7-16-33/h3-5,8-13,24,33H,1,6-7,14-19H2,2H3,(H,29,34)/t24-,27-/m1/s1. The molecule has 0 radical (unpaired) electrons. The van der Waals surface area contributed by atoms with Crippen LogP contribution in [0, 0.1) is 0 Å². The van der Waals surface area contributed by atoms with Gasteiger partial charge in [0.25, 0.3) is 5.91 Å². The van der Waals surface area contributed by atoms with Crippen molar-refractivity contribution in [2.24, 2.45) is 10.1 Å². The minimum Gasteiger partial charge on any atom is -0.494 e. The third kappa shape index (κ3) is 6.89. The topological polar surface area (TPSA) is 138 Å². The van der Waals surface area contributed by atoms with Crippen LogP contribution in [-0.4, -0.2) is 55.9 Å². The zero-order chi connectivity index (χ0) is 26.5. The van der Waals surface area contributed by atoms with E-state index in [4.69, 9.17) is 29.8 Å². The lowest BCUT2D eigenvalue weighted by Crippen LogP contribution is -2.48. The molecule has 0 aliphatic carbocycles. The first-order valence-corrected chi connectivity index (χ1v) is 12.2. The smallest absolute Gasteiger partial charge is 0.252 e. The van der Waals surface area contributed by atoms with E-state index >= 15 is 0 Å². The fourth-order valence-corrected chi connectivity index (χ4v) is 4.13. The van der Waals surface area contributed by atoms with Crippen molar-refractivity contribution >= 4 is 11.8 Å². The Morgan fingerprint density at radius 2 is 2.05 bits per heavy atom. The summed E-state index contributed by atoms with van der Waals surface area (Å²) >= 11 is 0. The molecule has 0 fully saturated rings. The second-order valence-electron chi connectivity index (χ2n) is 8.47. The van der Waals surface area contributed by atoms with Gasteiger partial charge in [0.2, 0.25) is 5.90 Å². The molecule has 1 aliphatic heterocycles. The maximum Gasteiger partial charge on any atom is 0.252 e. The summed E-state index contributed by atoms with van der Waals surface area (Å²) in [6.45, 7) is 5.40. The predicted molar refractivity (Wildman–Crippen MR) is 140 cm³/mol. The maximum atomic E-state index is 13.7. The number of methoxy groups -OCH3 is 1. The molecule has 1 aliphatic rings. The number of aliphatic hydroxyl groups is 1. The van der Waals surface area contributed by atoms with Gasteiger partial charge in [0.15, 0.2) is 11.6 Å². The number of nitrogens with one attached hydrogen (secondary N) is 1. The van der Waals surface area contributed by atoms with E-state index in [-0.39, 0.29) is 25.5 Å². The summed E-state index contributed by atoms with van der Waals surface area (Å²) in [4.78, 5) is 21.4. The molecule has 0 unspecified atom stereocenters. The van der Waals surface area contributed by atoms with Gasteiger partial charge < -0.3 is 24.6 Å². The molecule has 0 saturated heterocycles. The number of aliphatic imine (C=N–C) groups is 1. The van der Waals surface area contributed by atoms with E-state index in [0.717, 1.165) is 5.56 Å². The highest BCUT2D eigenvalue weighted by Crippen LogP contribution is 2.44. The summed E-state index contributed by atoms with van der Waals surface area (Å²) in [5.74, 6) is 0.686. The van der Waals surface area contributed by atoms with Crippen LogP contribution in [0.3, 0.4) is 0 Å². The van der Waals surface area contributed by atoms with E-state index < -0.39 is 11.6 Å². The van der Waals surface area contributed by atoms with Gasteiger partial charge in [-0.05, 0) is 47.3 Å². The third-order valence-electron chi connectivity index (χ3n) is 5.94. The van der Waals surface area contributed by atoms with Crippen molar-refractivity contribution in [3.63, 3.8) is 0 Å². The first-order valence-electron chi connectivity index (χ1n) is 12.2. The van der Waals surface area contributed by atoms with E-state index in [1.54, 1.807) is 25.3 Å². The highest BCUT2D eigenvalue weighted by atomic mass is 16.5. The Bertz CT molecular complexity index is 1130. The molecular weight excluding hydrogens is 474 g/mol. The molecule has 2 aromatic carbocycles. The predicted octanol–water partition coefficient (Wildman–Crippen LogP) is 4.24. The van der Waals surface area contributed by atoms with E-state index in [2.05, 4.69) is 21.9 Å². The molecule has 196 valence electrons. The van der Waals surface area contributed by atoms with Gasteiger partial charge in [-0.2, -0.15) is 0 Å². The number of benzene rings is 2. The van der Waals surface area contributed by atoms with Crippen molar-refractivity contribution in [3.8, 4) is 5.75 Å². The molecule has 0 saturated carbocycles. The number of azide groups is 1. The fraction of sp³-hybridized carbons (Fsp3) is 0.407. The van der Waals surface area contributed by atoms with Gasteiger partial charge in [-0.3, -0.25) is 4.79 Å². The lowest BCUT2D eigenvalue weighted by atomic mass is 9.82. The Kier molecular flexibility index (Phi) is 10.5. The number of hydrogen-bond donors (Lipinski definition) is 2. The zero-order valence-corrected chi connectivity index (χ0v) is 21.0. The Balaban J connectivity index is 2.00. The van der Waals surface area contributed by atoms with E-state index in [1.165, 1.54) is 0 Å². The molecule has 1 amide bonds. The van der Waals surface area contributed by atoms with Crippen LogP contribution < -0.4 is 10.1 Å². The van der Waals surface area contributed by atoms with E-state index in [1.807, 2.05) is 36.4 Å². The summed E-state index contributed by atoms with van der Waals surface area (Å²) in [7, 11) is 1.61. The van der Waals surface area contributed by atoms with Crippen LogP contribution in [0.4, 0.5) is 0 Å². The molecule has 1 heterocycles. The second-order valence-corrected chi connectivity index (χ2v) is 8.47. The summed E-state index contributed by atoms with van der Waals surface area (Å²) in [5, 5.41) is 15.7. The highest BCUT2D eigenvalue weighted by Gasteiger charge is 2.52. The molecule has 37 heavy (non-hydrogen) atoms. The number of hydrogen-bond acceptors (Lipinski definition) is 7. The van der Waals surface area contributed by atoms with Crippen LogP contribution in [0.25, 0.3) is 10.4 Å². The van der Waals surface area contributed by atoms with Crippen molar-refractivity contribution in [1.29, 1.82) is 0 Å². The number of ether oxygens (including phenoxy) is 3. The van der Waals surface area contributed by atoms with Crippen LogP contribution in [0.1, 0.15) is 42.1 Å². The van der Waals surface area contributed by atoms with Crippen LogP contribution in [-0.2, 0) is 20.8 Å². The Morgan fingerprint density at radius 1 is 1.27 bits per heavy atom. The Morgan fingerprint density at radius 3 is 2.76 bits per heavy atom. The summed E-state index contributed by atoms with van der Waals surface area (Å²) in [5.41, 5.74) is 9.71.